The zero-order chi connectivity index (χ0) is 19.6. The Morgan fingerprint density at radius 1 is 1.15 bits per heavy atom. The molecule has 0 radical (unpaired) electrons. The highest BCUT2D eigenvalue weighted by Crippen LogP contribution is 2.19. The molecule has 0 aromatic heterocycles. The standard InChI is InChI=1S/C19H32N4O3/c1-14-8-9-15(16(12-14)25-6)13-23-17(20-5)21-10-7-11-22-18(24)26-19(2,3)4/h8-9,12H,7,10-11,13H2,1-6H3,(H,22,24)(H2,20,21,23). The molecule has 0 aliphatic rings. The van der Waals surface area contributed by atoms with Gasteiger partial charge >= 0.3 is 6.09 Å². The number of alkyl carbamates (subject to hydrolysis) is 1. The summed E-state index contributed by atoms with van der Waals surface area (Å²) < 4.78 is 10.6. The first-order valence-corrected chi connectivity index (χ1v) is 8.80. The number of hydrogen-bond acceptors (Lipinski definition) is 4. The molecule has 0 spiro atoms. The van der Waals surface area contributed by atoms with Gasteiger partial charge in [-0.2, -0.15) is 0 Å². The van der Waals surface area contributed by atoms with Crippen molar-refractivity contribution in [2.75, 3.05) is 27.2 Å². The fraction of sp³-hybridized carbons (Fsp3) is 0.579. The molecular formula is C19H32N4O3. The molecule has 26 heavy (non-hydrogen) atoms. The predicted octanol–water partition coefficient (Wildman–Crippen LogP) is 2.58. The number of carbonyl (C=O) groups excluding carboxylic acids is 1. The smallest absolute Gasteiger partial charge is 0.407 e. The highest BCUT2D eigenvalue weighted by atomic mass is 16.6. The van der Waals surface area contributed by atoms with Gasteiger partial charge in [-0.15, -0.1) is 0 Å². The quantitative estimate of drug-likeness (QED) is 0.393. The maximum absolute atomic E-state index is 11.6. The lowest BCUT2D eigenvalue weighted by molar-refractivity contribution is 0.0527. The van der Waals surface area contributed by atoms with E-state index in [1.165, 1.54) is 0 Å². The molecule has 1 aromatic carbocycles. The minimum absolute atomic E-state index is 0.397. The summed E-state index contributed by atoms with van der Waals surface area (Å²) in [5.41, 5.74) is 1.74. The van der Waals surface area contributed by atoms with E-state index in [-0.39, 0.29) is 0 Å². The van der Waals surface area contributed by atoms with E-state index in [0.717, 1.165) is 23.3 Å². The second-order valence-corrected chi connectivity index (χ2v) is 6.95. The molecule has 0 saturated carbocycles. The summed E-state index contributed by atoms with van der Waals surface area (Å²) >= 11 is 0. The van der Waals surface area contributed by atoms with Crippen molar-refractivity contribution in [1.82, 2.24) is 16.0 Å². The Hall–Kier alpha value is -2.44. The van der Waals surface area contributed by atoms with E-state index in [1.54, 1.807) is 14.2 Å². The Balaban J connectivity index is 2.31. The van der Waals surface area contributed by atoms with Crippen LogP contribution in [0.5, 0.6) is 5.75 Å². The molecule has 0 aliphatic heterocycles. The number of aryl methyl sites for hydroxylation is 1. The van der Waals surface area contributed by atoms with E-state index in [4.69, 9.17) is 9.47 Å². The SMILES string of the molecule is CN=C(NCCCNC(=O)OC(C)(C)C)NCc1ccc(C)cc1OC. The number of amides is 1. The number of rotatable bonds is 7. The van der Waals surface area contributed by atoms with Crippen LogP contribution >= 0.6 is 0 Å². The molecule has 146 valence electrons. The van der Waals surface area contributed by atoms with Crippen molar-refractivity contribution in [1.29, 1.82) is 0 Å². The molecule has 0 fully saturated rings. The number of carbonyl (C=O) groups is 1. The van der Waals surface area contributed by atoms with Gasteiger partial charge in [-0.25, -0.2) is 4.79 Å². The van der Waals surface area contributed by atoms with Crippen LogP contribution in [0, 0.1) is 6.92 Å². The van der Waals surface area contributed by atoms with Crippen molar-refractivity contribution in [3.63, 3.8) is 0 Å². The van der Waals surface area contributed by atoms with Gasteiger partial charge in [0.25, 0.3) is 0 Å². The third-order valence-electron chi connectivity index (χ3n) is 3.43. The number of methoxy groups -OCH3 is 1. The highest BCUT2D eigenvalue weighted by molar-refractivity contribution is 5.79. The Morgan fingerprint density at radius 2 is 1.85 bits per heavy atom. The summed E-state index contributed by atoms with van der Waals surface area (Å²) in [5.74, 6) is 1.56. The van der Waals surface area contributed by atoms with E-state index < -0.39 is 11.7 Å². The van der Waals surface area contributed by atoms with Crippen molar-refractivity contribution in [3.8, 4) is 5.75 Å². The third-order valence-corrected chi connectivity index (χ3v) is 3.43. The lowest BCUT2D eigenvalue weighted by atomic mass is 10.1. The topological polar surface area (TPSA) is 84.0 Å². The summed E-state index contributed by atoms with van der Waals surface area (Å²) in [6.45, 7) is 9.38. The molecule has 0 unspecified atom stereocenters. The Kier molecular flexibility index (Phi) is 8.75. The van der Waals surface area contributed by atoms with Gasteiger partial charge < -0.3 is 25.4 Å². The van der Waals surface area contributed by atoms with Gasteiger partial charge in [-0.3, -0.25) is 4.99 Å². The lowest BCUT2D eigenvalue weighted by Gasteiger charge is -2.19. The number of aliphatic imine (C=N–C) groups is 1. The van der Waals surface area contributed by atoms with Crippen molar-refractivity contribution >= 4 is 12.1 Å². The Morgan fingerprint density at radius 3 is 2.46 bits per heavy atom. The van der Waals surface area contributed by atoms with E-state index in [1.807, 2.05) is 39.8 Å². The van der Waals surface area contributed by atoms with Crippen molar-refractivity contribution in [2.24, 2.45) is 4.99 Å². The maximum atomic E-state index is 11.6. The normalized spacial score (nSPS) is 11.7. The molecule has 1 rings (SSSR count). The van der Waals surface area contributed by atoms with E-state index >= 15 is 0 Å². The van der Waals surface area contributed by atoms with Crippen molar-refractivity contribution in [3.05, 3.63) is 29.3 Å². The van der Waals surface area contributed by atoms with Crippen LogP contribution in [0.1, 0.15) is 38.3 Å². The van der Waals surface area contributed by atoms with Gasteiger partial charge in [-0.1, -0.05) is 12.1 Å². The number of nitrogens with one attached hydrogen (secondary N) is 3. The van der Waals surface area contributed by atoms with Crippen LogP contribution in [0.4, 0.5) is 4.79 Å². The van der Waals surface area contributed by atoms with E-state index in [2.05, 4.69) is 27.0 Å². The number of benzene rings is 1. The molecule has 0 saturated heterocycles. The molecule has 1 aromatic rings. The fourth-order valence-electron chi connectivity index (χ4n) is 2.20. The minimum atomic E-state index is -0.481. The van der Waals surface area contributed by atoms with E-state index in [0.29, 0.717) is 25.6 Å². The maximum Gasteiger partial charge on any atom is 0.407 e. The molecule has 0 heterocycles. The van der Waals surface area contributed by atoms with Crippen LogP contribution in [-0.2, 0) is 11.3 Å². The lowest BCUT2D eigenvalue weighted by Crippen LogP contribution is -2.39. The zero-order valence-corrected chi connectivity index (χ0v) is 16.7. The van der Waals surface area contributed by atoms with Crippen LogP contribution in [0.25, 0.3) is 0 Å². The Bertz CT molecular complexity index is 609. The number of hydrogen-bond donors (Lipinski definition) is 3. The molecule has 0 bridgehead atoms. The van der Waals surface area contributed by atoms with Gasteiger partial charge in [0.15, 0.2) is 5.96 Å². The van der Waals surface area contributed by atoms with Gasteiger partial charge in [0.2, 0.25) is 0 Å². The van der Waals surface area contributed by atoms with Crippen LogP contribution in [-0.4, -0.2) is 44.9 Å². The van der Waals surface area contributed by atoms with E-state index in [9.17, 15) is 4.79 Å². The van der Waals surface area contributed by atoms with Gasteiger partial charge in [0, 0.05) is 32.2 Å². The summed E-state index contributed by atoms with van der Waals surface area (Å²) in [6, 6.07) is 6.10. The monoisotopic (exact) mass is 364 g/mol. The molecule has 1 amide bonds. The summed E-state index contributed by atoms with van der Waals surface area (Å²) in [7, 11) is 3.39. The number of ether oxygens (including phenoxy) is 2. The van der Waals surface area contributed by atoms with Crippen LogP contribution in [0.15, 0.2) is 23.2 Å². The summed E-state index contributed by atoms with van der Waals surface area (Å²) in [4.78, 5) is 15.8. The molecule has 0 atom stereocenters. The Labute approximate surface area is 156 Å². The van der Waals surface area contributed by atoms with Gasteiger partial charge in [0.1, 0.15) is 11.4 Å². The fourth-order valence-corrected chi connectivity index (χ4v) is 2.20. The second-order valence-electron chi connectivity index (χ2n) is 6.95. The predicted molar refractivity (Wildman–Crippen MR) is 105 cm³/mol. The average molecular weight is 364 g/mol. The van der Waals surface area contributed by atoms with Crippen molar-refractivity contribution < 1.29 is 14.3 Å². The zero-order valence-electron chi connectivity index (χ0n) is 16.7. The second kappa shape index (κ2) is 10.5. The summed E-state index contributed by atoms with van der Waals surface area (Å²) in [6.07, 6.45) is 0.361. The summed E-state index contributed by atoms with van der Waals surface area (Å²) in [5, 5.41) is 9.21. The van der Waals surface area contributed by atoms with Crippen LogP contribution in [0.3, 0.4) is 0 Å². The molecule has 3 N–H and O–H groups in total. The van der Waals surface area contributed by atoms with Gasteiger partial charge in [-0.05, 0) is 45.7 Å². The van der Waals surface area contributed by atoms with Crippen LogP contribution < -0.4 is 20.7 Å². The first-order chi connectivity index (χ1) is 12.2. The van der Waals surface area contributed by atoms with Crippen LogP contribution in [0.2, 0.25) is 0 Å². The van der Waals surface area contributed by atoms with Gasteiger partial charge in [0.05, 0.1) is 7.11 Å². The number of guanidine groups is 1. The first-order valence-electron chi connectivity index (χ1n) is 8.80. The molecular weight excluding hydrogens is 332 g/mol. The first kappa shape index (κ1) is 21.6. The average Bonchev–Trinajstić information content (AvgIpc) is 2.56. The van der Waals surface area contributed by atoms with Crippen molar-refractivity contribution in [2.45, 2.75) is 46.3 Å². The minimum Gasteiger partial charge on any atom is -0.496 e. The largest absolute Gasteiger partial charge is 0.496 e. The third kappa shape index (κ3) is 8.60. The molecule has 7 heteroatoms. The number of nitrogens with zero attached hydrogens (tertiary/aromatic N) is 1. The molecule has 0 aliphatic carbocycles. The highest BCUT2D eigenvalue weighted by Gasteiger charge is 2.15. The molecule has 7 nitrogen and oxygen atoms in total.